The van der Waals surface area contributed by atoms with E-state index in [1.54, 1.807) is 41.5 Å². The number of hydrogen-bond donors (Lipinski definition) is 1. The second-order valence-electron chi connectivity index (χ2n) is 8.54. The molecule has 0 heterocycles. The Morgan fingerprint density at radius 2 is 1.46 bits per heavy atom. The van der Waals surface area contributed by atoms with Crippen molar-refractivity contribution in [3.63, 3.8) is 0 Å². The molecule has 0 aliphatic rings. The van der Waals surface area contributed by atoms with Crippen LogP contribution in [0.3, 0.4) is 0 Å². The molecule has 1 N–H and O–H groups in total. The van der Waals surface area contributed by atoms with Crippen molar-refractivity contribution >= 4 is 23.7 Å². The van der Waals surface area contributed by atoms with Crippen molar-refractivity contribution in [2.45, 2.75) is 71.2 Å². The van der Waals surface area contributed by atoms with Crippen LogP contribution in [0.5, 0.6) is 0 Å². The number of rotatable bonds is 5. The number of ether oxygens (including phenoxy) is 2. The number of nitro groups is 1. The lowest BCUT2D eigenvalue weighted by Gasteiger charge is -2.32. The lowest BCUT2D eigenvalue weighted by Crippen LogP contribution is -2.57. The molecule has 0 fully saturated rings. The van der Waals surface area contributed by atoms with Gasteiger partial charge in [-0.1, -0.05) is 23.7 Å². The zero-order valence-electron chi connectivity index (χ0n) is 17.2. The summed E-state index contributed by atoms with van der Waals surface area (Å²) in [6.45, 7) is 10.9. The number of esters is 1. The number of benzene rings is 1. The van der Waals surface area contributed by atoms with Gasteiger partial charge in [0.05, 0.1) is 0 Å². The first kappa shape index (κ1) is 23.7. The number of hydrogen-bond acceptors (Lipinski definition) is 6. The minimum Gasteiger partial charge on any atom is -0.455 e. The van der Waals surface area contributed by atoms with Gasteiger partial charge in [0.1, 0.15) is 17.2 Å². The third-order valence-electron chi connectivity index (χ3n) is 3.62. The molecule has 0 aliphatic heterocycles. The van der Waals surface area contributed by atoms with Gasteiger partial charge in [-0.05, 0) is 59.2 Å². The fourth-order valence-corrected chi connectivity index (χ4v) is 2.43. The van der Waals surface area contributed by atoms with E-state index in [0.29, 0.717) is 10.6 Å². The average Bonchev–Trinajstić information content (AvgIpc) is 2.49. The van der Waals surface area contributed by atoms with E-state index in [1.807, 2.05) is 0 Å². The smallest absolute Gasteiger partial charge is 0.408 e. The van der Waals surface area contributed by atoms with Gasteiger partial charge in [-0.3, -0.25) is 10.1 Å². The second-order valence-corrected chi connectivity index (χ2v) is 8.97. The largest absolute Gasteiger partial charge is 0.455 e. The molecule has 8 nitrogen and oxygen atoms in total. The zero-order valence-corrected chi connectivity index (χ0v) is 17.9. The average molecular weight is 415 g/mol. The zero-order chi connectivity index (χ0) is 21.9. The monoisotopic (exact) mass is 414 g/mol. The van der Waals surface area contributed by atoms with Crippen LogP contribution < -0.4 is 5.32 Å². The third-order valence-corrected chi connectivity index (χ3v) is 3.87. The number of carbonyl (C=O) groups excluding carboxylic acids is 2. The SMILES string of the molecule is CC(C)(C)OC(=O)N[C@@H](c1ccc(Cl)cc1)[C@](C)(C(=O)OC(C)(C)C)[N+](=O)[O-]. The van der Waals surface area contributed by atoms with Crippen LogP contribution in [0.4, 0.5) is 4.79 Å². The number of alkyl carbamates (subject to hydrolysis) is 1. The highest BCUT2D eigenvalue weighted by Gasteiger charge is 2.57. The topological polar surface area (TPSA) is 108 Å². The van der Waals surface area contributed by atoms with Crippen LogP contribution in [-0.2, 0) is 14.3 Å². The van der Waals surface area contributed by atoms with E-state index >= 15 is 0 Å². The molecule has 1 rings (SSSR count). The molecular weight excluding hydrogens is 388 g/mol. The number of amides is 1. The van der Waals surface area contributed by atoms with Gasteiger partial charge in [-0.15, -0.1) is 0 Å². The normalized spacial score (nSPS) is 15.1. The molecule has 0 saturated carbocycles. The van der Waals surface area contributed by atoms with Gasteiger partial charge in [0, 0.05) is 16.9 Å². The summed E-state index contributed by atoms with van der Waals surface area (Å²) in [5.74, 6) is -1.08. The summed E-state index contributed by atoms with van der Waals surface area (Å²) in [4.78, 5) is 36.4. The molecule has 9 heteroatoms. The van der Waals surface area contributed by atoms with Crippen LogP contribution >= 0.6 is 11.6 Å². The molecule has 156 valence electrons. The van der Waals surface area contributed by atoms with Crippen LogP contribution in [0.2, 0.25) is 5.02 Å². The van der Waals surface area contributed by atoms with E-state index in [4.69, 9.17) is 21.1 Å². The summed E-state index contributed by atoms with van der Waals surface area (Å²) in [5.41, 5.74) is -3.78. The first-order valence-electron chi connectivity index (χ1n) is 8.69. The quantitative estimate of drug-likeness (QED) is 0.437. The van der Waals surface area contributed by atoms with Crippen LogP contribution in [-0.4, -0.2) is 33.7 Å². The summed E-state index contributed by atoms with van der Waals surface area (Å²) >= 11 is 5.90. The lowest BCUT2D eigenvalue weighted by atomic mass is 9.87. The number of nitrogens with one attached hydrogen (secondary N) is 1. The van der Waals surface area contributed by atoms with Crippen LogP contribution in [0.1, 0.15) is 60.1 Å². The Kier molecular flexibility index (Phi) is 7.06. The van der Waals surface area contributed by atoms with E-state index in [1.165, 1.54) is 24.3 Å². The van der Waals surface area contributed by atoms with Gasteiger partial charge in [0.25, 0.3) is 0 Å². The molecule has 0 aliphatic carbocycles. The van der Waals surface area contributed by atoms with E-state index in [2.05, 4.69) is 5.32 Å². The maximum atomic E-state index is 12.8. The van der Waals surface area contributed by atoms with Crippen LogP contribution in [0.25, 0.3) is 0 Å². The minimum atomic E-state index is -2.31. The standard InChI is InChI=1S/C19H27ClN2O6/c1-17(2,3)27-15(23)19(7,22(25)26)14(12-8-10-13(20)11-9-12)21-16(24)28-18(4,5)6/h8-11,14H,1-7H3,(H,21,24)/t14-,19+/m0/s1. The van der Waals surface area contributed by atoms with Crippen molar-refractivity contribution in [3.8, 4) is 0 Å². The Bertz CT molecular complexity index is 736. The summed E-state index contributed by atoms with van der Waals surface area (Å²) in [6.07, 6.45) is -0.899. The molecule has 0 bridgehead atoms. The molecule has 0 radical (unpaired) electrons. The maximum Gasteiger partial charge on any atom is 0.408 e. The van der Waals surface area contributed by atoms with Gasteiger partial charge < -0.3 is 14.8 Å². The Labute approximate surface area is 169 Å². The molecule has 2 atom stereocenters. The first-order valence-corrected chi connectivity index (χ1v) is 9.07. The fraction of sp³-hybridized carbons (Fsp3) is 0.579. The van der Waals surface area contributed by atoms with E-state index in [0.717, 1.165) is 6.92 Å². The molecule has 1 aromatic rings. The van der Waals surface area contributed by atoms with Gasteiger partial charge in [0.2, 0.25) is 0 Å². The predicted molar refractivity (Wildman–Crippen MR) is 105 cm³/mol. The molecule has 0 unspecified atom stereocenters. The Morgan fingerprint density at radius 3 is 1.86 bits per heavy atom. The molecule has 0 saturated heterocycles. The third kappa shape index (κ3) is 6.37. The molecule has 0 aromatic heterocycles. The van der Waals surface area contributed by atoms with Gasteiger partial charge in [-0.2, -0.15) is 0 Å². The highest BCUT2D eigenvalue weighted by Crippen LogP contribution is 2.32. The molecular formula is C19H27ClN2O6. The highest BCUT2D eigenvalue weighted by molar-refractivity contribution is 6.30. The summed E-state index contributed by atoms with van der Waals surface area (Å²) in [6, 6.07) is 4.66. The van der Waals surface area contributed by atoms with E-state index in [9.17, 15) is 19.7 Å². The van der Waals surface area contributed by atoms with Crippen molar-refractivity contribution in [2.24, 2.45) is 0 Å². The summed E-state index contributed by atoms with van der Waals surface area (Å²) in [7, 11) is 0. The van der Waals surface area contributed by atoms with Gasteiger partial charge >= 0.3 is 17.6 Å². The summed E-state index contributed by atoms with van der Waals surface area (Å²) in [5, 5.41) is 14.8. The van der Waals surface area contributed by atoms with Crippen LogP contribution in [0, 0.1) is 10.1 Å². The summed E-state index contributed by atoms with van der Waals surface area (Å²) < 4.78 is 10.5. The molecule has 1 aromatic carbocycles. The van der Waals surface area contributed by atoms with Gasteiger partial charge in [0.15, 0.2) is 0 Å². The lowest BCUT2D eigenvalue weighted by molar-refractivity contribution is -0.557. The fourth-order valence-electron chi connectivity index (χ4n) is 2.31. The number of carbonyl (C=O) groups is 2. The van der Waals surface area contributed by atoms with Crippen molar-refractivity contribution in [1.82, 2.24) is 5.32 Å². The van der Waals surface area contributed by atoms with Crippen molar-refractivity contribution < 1.29 is 24.0 Å². The van der Waals surface area contributed by atoms with Crippen molar-refractivity contribution in [2.75, 3.05) is 0 Å². The van der Waals surface area contributed by atoms with Crippen molar-refractivity contribution in [1.29, 1.82) is 0 Å². The van der Waals surface area contributed by atoms with Crippen molar-refractivity contribution in [3.05, 3.63) is 45.0 Å². The molecule has 28 heavy (non-hydrogen) atoms. The molecule has 1 amide bonds. The van der Waals surface area contributed by atoms with E-state index < -0.39 is 39.8 Å². The van der Waals surface area contributed by atoms with Gasteiger partial charge in [-0.25, -0.2) is 9.59 Å². The number of halogens is 1. The number of nitrogens with zero attached hydrogens (tertiary/aromatic N) is 1. The second kappa shape index (κ2) is 8.34. The molecule has 0 spiro atoms. The van der Waals surface area contributed by atoms with E-state index in [-0.39, 0.29) is 0 Å². The minimum absolute atomic E-state index is 0.306. The maximum absolute atomic E-state index is 12.8. The Balaban J connectivity index is 3.43. The highest BCUT2D eigenvalue weighted by atomic mass is 35.5. The Morgan fingerprint density at radius 1 is 1.00 bits per heavy atom. The predicted octanol–water partition coefficient (Wildman–Crippen LogP) is 4.28. The first-order chi connectivity index (χ1) is 12.6. The Hall–Kier alpha value is -2.35. The van der Waals surface area contributed by atoms with Crippen LogP contribution in [0.15, 0.2) is 24.3 Å².